The van der Waals surface area contributed by atoms with Crippen molar-refractivity contribution in [3.8, 4) is 5.75 Å². The van der Waals surface area contributed by atoms with Gasteiger partial charge in [-0.05, 0) is 42.0 Å². The van der Waals surface area contributed by atoms with E-state index in [0.29, 0.717) is 5.56 Å². The Morgan fingerprint density at radius 2 is 1.83 bits per heavy atom. The van der Waals surface area contributed by atoms with Gasteiger partial charge in [0.2, 0.25) is 5.91 Å². The Morgan fingerprint density at radius 3 is 2.47 bits per heavy atom. The maximum Gasteiger partial charge on any atom is 0.573 e. The molecule has 0 fully saturated rings. The lowest BCUT2D eigenvalue weighted by atomic mass is 10.1. The number of ether oxygens (including phenoxy) is 2. The summed E-state index contributed by atoms with van der Waals surface area (Å²) in [6.45, 7) is -0.137. The summed E-state index contributed by atoms with van der Waals surface area (Å²) in [5, 5.41) is 2.67. The van der Waals surface area contributed by atoms with Crippen molar-refractivity contribution in [1.29, 1.82) is 0 Å². The van der Waals surface area contributed by atoms with Crippen molar-refractivity contribution >= 4 is 52.2 Å². The second-order valence-electron chi connectivity index (χ2n) is 7.30. The Morgan fingerprint density at radius 1 is 1.11 bits per heavy atom. The van der Waals surface area contributed by atoms with E-state index in [9.17, 15) is 22.8 Å². The maximum atomic E-state index is 12.9. The second kappa shape index (κ2) is 11.5. The number of aromatic nitrogens is 1. The molecule has 1 aromatic heterocycles. The van der Waals surface area contributed by atoms with Gasteiger partial charge < -0.3 is 25.4 Å². The molecule has 0 atom stereocenters. The standard InChI is InChI=1S/C23H19Cl2F3N4O4/c1-35-12-13-8-16(25)21(30-10-13)32(11-20(29)33)18-9-14(6-7-15(18)24)22(34)31-17-4-2-3-5-19(17)36-23(26,27)28/h2-10H,11-12H2,1H3,(H2,29,33)(H,31,34). The summed E-state index contributed by atoms with van der Waals surface area (Å²) in [6, 6.07) is 10.7. The molecule has 36 heavy (non-hydrogen) atoms. The molecule has 3 N–H and O–H groups in total. The lowest BCUT2D eigenvalue weighted by molar-refractivity contribution is -0.274. The van der Waals surface area contributed by atoms with Gasteiger partial charge >= 0.3 is 6.36 Å². The minimum Gasteiger partial charge on any atom is -0.404 e. The van der Waals surface area contributed by atoms with Gasteiger partial charge in [-0.1, -0.05) is 35.3 Å². The van der Waals surface area contributed by atoms with Crippen molar-refractivity contribution in [2.24, 2.45) is 5.73 Å². The highest BCUT2D eigenvalue weighted by Gasteiger charge is 2.32. The fourth-order valence-corrected chi connectivity index (χ4v) is 3.69. The van der Waals surface area contributed by atoms with Crippen LogP contribution in [0.1, 0.15) is 15.9 Å². The number of carbonyl (C=O) groups is 2. The van der Waals surface area contributed by atoms with Gasteiger partial charge in [0.1, 0.15) is 6.54 Å². The molecule has 3 aromatic rings. The number of amides is 2. The third-order valence-electron chi connectivity index (χ3n) is 4.62. The fraction of sp³-hybridized carbons (Fsp3) is 0.174. The molecule has 0 aliphatic carbocycles. The molecule has 0 saturated carbocycles. The van der Waals surface area contributed by atoms with Crippen molar-refractivity contribution < 1.29 is 32.2 Å². The number of halogens is 5. The molecule has 1 heterocycles. The Balaban J connectivity index is 1.97. The van der Waals surface area contributed by atoms with E-state index in [4.69, 9.17) is 33.7 Å². The fourth-order valence-electron chi connectivity index (χ4n) is 3.18. The van der Waals surface area contributed by atoms with Gasteiger partial charge in [-0.25, -0.2) is 4.98 Å². The van der Waals surface area contributed by atoms with Crippen LogP contribution in [-0.2, 0) is 16.1 Å². The molecule has 0 bridgehead atoms. The number of rotatable bonds is 9. The number of nitrogens with two attached hydrogens (primary N) is 1. The first-order valence-corrected chi connectivity index (χ1v) is 10.9. The number of anilines is 3. The Hall–Kier alpha value is -3.54. The van der Waals surface area contributed by atoms with Gasteiger partial charge in [-0.2, -0.15) is 0 Å². The first kappa shape index (κ1) is 27.1. The summed E-state index contributed by atoms with van der Waals surface area (Å²) in [4.78, 5) is 30.3. The zero-order valence-corrected chi connectivity index (χ0v) is 20.1. The van der Waals surface area contributed by atoms with Crippen molar-refractivity contribution in [3.63, 3.8) is 0 Å². The topological polar surface area (TPSA) is 107 Å². The van der Waals surface area contributed by atoms with Crippen LogP contribution in [0.25, 0.3) is 0 Å². The number of primary amides is 1. The largest absolute Gasteiger partial charge is 0.573 e. The Kier molecular flexibility index (Phi) is 8.62. The summed E-state index contributed by atoms with van der Waals surface area (Å²) >= 11 is 12.7. The van der Waals surface area contributed by atoms with Crippen molar-refractivity contribution in [1.82, 2.24) is 4.98 Å². The van der Waals surface area contributed by atoms with Gasteiger partial charge in [0.15, 0.2) is 11.6 Å². The van der Waals surface area contributed by atoms with Crippen molar-refractivity contribution in [3.05, 3.63) is 75.9 Å². The van der Waals surface area contributed by atoms with Crippen LogP contribution in [0.3, 0.4) is 0 Å². The normalized spacial score (nSPS) is 11.2. The zero-order chi connectivity index (χ0) is 26.5. The number of carbonyl (C=O) groups excluding carboxylic acids is 2. The SMILES string of the molecule is COCc1cnc(N(CC(N)=O)c2cc(C(=O)Nc3ccccc3OC(F)(F)F)ccc2Cl)c(Cl)c1. The van der Waals surface area contributed by atoms with E-state index in [0.717, 1.165) is 6.07 Å². The van der Waals surface area contributed by atoms with E-state index in [2.05, 4.69) is 15.0 Å². The van der Waals surface area contributed by atoms with E-state index < -0.39 is 23.9 Å². The highest BCUT2D eigenvalue weighted by Crippen LogP contribution is 2.36. The number of alkyl halides is 3. The molecular weight excluding hydrogens is 524 g/mol. The van der Waals surface area contributed by atoms with E-state index in [-0.39, 0.29) is 46.0 Å². The first-order valence-electron chi connectivity index (χ1n) is 10.1. The lowest BCUT2D eigenvalue weighted by Gasteiger charge is -2.25. The molecule has 13 heteroatoms. The summed E-state index contributed by atoms with van der Waals surface area (Å²) in [6.07, 6.45) is -3.46. The molecule has 2 amide bonds. The van der Waals surface area contributed by atoms with Crippen LogP contribution < -0.4 is 20.7 Å². The van der Waals surface area contributed by atoms with Crippen LogP contribution in [0, 0.1) is 0 Å². The van der Waals surface area contributed by atoms with E-state index in [1.54, 1.807) is 6.07 Å². The van der Waals surface area contributed by atoms with Crippen molar-refractivity contribution in [2.45, 2.75) is 13.0 Å². The van der Waals surface area contributed by atoms with E-state index in [1.165, 1.54) is 54.6 Å². The molecule has 2 aromatic carbocycles. The number of nitrogens with one attached hydrogen (secondary N) is 1. The number of para-hydroxylation sites is 2. The van der Waals surface area contributed by atoms with Crippen LogP contribution in [0.4, 0.5) is 30.4 Å². The first-order chi connectivity index (χ1) is 17.0. The molecule has 3 rings (SSSR count). The molecule has 0 spiro atoms. The maximum absolute atomic E-state index is 12.9. The molecule has 8 nitrogen and oxygen atoms in total. The van der Waals surface area contributed by atoms with Crippen LogP contribution in [0.15, 0.2) is 54.7 Å². The molecule has 0 aliphatic rings. The number of hydrogen-bond donors (Lipinski definition) is 2. The molecular formula is C23H19Cl2F3N4O4. The smallest absolute Gasteiger partial charge is 0.404 e. The molecule has 0 radical (unpaired) electrons. The number of benzene rings is 2. The average Bonchev–Trinajstić information content (AvgIpc) is 2.79. The molecule has 0 unspecified atom stereocenters. The highest BCUT2D eigenvalue weighted by molar-refractivity contribution is 6.35. The predicted octanol–water partition coefficient (Wildman–Crippen LogP) is 5.31. The monoisotopic (exact) mass is 542 g/mol. The third-order valence-corrected chi connectivity index (χ3v) is 5.22. The summed E-state index contributed by atoms with van der Waals surface area (Å²) < 4.78 is 47.2. The number of pyridine rings is 1. The number of methoxy groups -OCH3 is 1. The van der Waals surface area contributed by atoms with Gasteiger partial charge in [0.05, 0.1) is 28.0 Å². The predicted molar refractivity (Wildman–Crippen MR) is 129 cm³/mol. The van der Waals surface area contributed by atoms with Crippen LogP contribution in [-0.4, -0.2) is 36.8 Å². The van der Waals surface area contributed by atoms with Gasteiger partial charge in [-0.3, -0.25) is 9.59 Å². The van der Waals surface area contributed by atoms with Crippen LogP contribution in [0.2, 0.25) is 10.0 Å². The lowest BCUT2D eigenvalue weighted by Crippen LogP contribution is -2.31. The minimum absolute atomic E-state index is 0.0119. The molecule has 190 valence electrons. The summed E-state index contributed by atoms with van der Waals surface area (Å²) in [7, 11) is 1.51. The Bertz CT molecular complexity index is 1270. The van der Waals surface area contributed by atoms with Gasteiger partial charge in [-0.15, -0.1) is 13.2 Å². The van der Waals surface area contributed by atoms with Gasteiger partial charge in [0, 0.05) is 18.9 Å². The van der Waals surface area contributed by atoms with Crippen LogP contribution >= 0.6 is 23.2 Å². The van der Waals surface area contributed by atoms with Gasteiger partial charge in [0.25, 0.3) is 5.91 Å². The summed E-state index contributed by atoms with van der Waals surface area (Å²) in [5.74, 6) is -1.95. The molecule has 0 saturated heterocycles. The van der Waals surface area contributed by atoms with E-state index in [1.807, 2.05) is 0 Å². The highest BCUT2D eigenvalue weighted by atomic mass is 35.5. The minimum atomic E-state index is -4.95. The average molecular weight is 543 g/mol. The zero-order valence-electron chi connectivity index (χ0n) is 18.6. The second-order valence-corrected chi connectivity index (χ2v) is 8.11. The third kappa shape index (κ3) is 7.00. The summed E-state index contributed by atoms with van der Waals surface area (Å²) in [5.41, 5.74) is 6.05. The van der Waals surface area contributed by atoms with Crippen molar-refractivity contribution in [2.75, 3.05) is 23.9 Å². The number of hydrogen-bond acceptors (Lipinski definition) is 6. The molecule has 0 aliphatic heterocycles. The van der Waals surface area contributed by atoms with E-state index >= 15 is 0 Å². The number of nitrogens with zero attached hydrogens (tertiary/aromatic N) is 2. The Labute approximate surface area is 213 Å². The van der Waals surface area contributed by atoms with Crippen LogP contribution in [0.5, 0.6) is 5.75 Å². The quantitative estimate of drug-likeness (QED) is 0.379.